The summed E-state index contributed by atoms with van der Waals surface area (Å²) in [5, 5.41) is 3.39. The SMILES string of the molecule is CCc1cc(NCCCN2CCOCC2)nc(C)n1. The summed E-state index contributed by atoms with van der Waals surface area (Å²) in [6.45, 7) is 10.0. The highest BCUT2D eigenvalue weighted by molar-refractivity contribution is 5.35. The number of nitrogens with one attached hydrogen (secondary N) is 1. The molecule has 0 unspecified atom stereocenters. The predicted octanol–water partition coefficient (Wildman–Crippen LogP) is 1.48. The zero-order valence-corrected chi connectivity index (χ0v) is 12.0. The molecule has 1 aromatic heterocycles. The van der Waals surface area contributed by atoms with Gasteiger partial charge in [0.05, 0.1) is 13.2 Å². The van der Waals surface area contributed by atoms with Crippen molar-refractivity contribution in [1.29, 1.82) is 0 Å². The van der Waals surface area contributed by atoms with Gasteiger partial charge in [0, 0.05) is 31.4 Å². The smallest absolute Gasteiger partial charge is 0.129 e. The maximum absolute atomic E-state index is 5.34. The molecule has 1 aliphatic heterocycles. The molecule has 0 aromatic carbocycles. The fourth-order valence-electron chi connectivity index (χ4n) is 2.25. The fraction of sp³-hybridized carbons (Fsp3) is 0.714. The van der Waals surface area contributed by atoms with Crippen LogP contribution in [0.4, 0.5) is 5.82 Å². The van der Waals surface area contributed by atoms with Crippen molar-refractivity contribution in [3.8, 4) is 0 Å². The van der Waals surface area contributed by atoms with Gasteiger partial charge in [-0.2, -0.15) is 0 Å². The van der Waals surface area contributed by atoms with Crippen LogP contribution >= 0.6 is 0 Å². The Labute approximate surface area is 115 Å². The molecule has 106 valence electrons. The minimum Gasteiger partial charge on any atom is -0.379 e. The van der Waals surface area contributed by atoms with E-state index in [1.807, 2.05) is 13.0 Å². The number of hydrogen-bond acceptors (Lipinski definition) is 5. The molecule has 0 bridgehead atoms. The Morgan fingerprint density at radius 3 is 2.84 bits per heavy atom. The number of morpholine rings is 1. The van der Waals surface area contributed by atoms with Gasteiger partial charge in [-0.25, -0.2) is 9.97 Å². The number of hydrogen-bond donors (Lipinski definition) is 1. The average Bonchev–Trinajstić information content (AvgIpc) is 2.44. The van der Waals surface area contributed by atoms with Crippen LogP contribution in [0.1, 0.15) is 24.9 Å². The van der Waals surface area contributed by atoms with Crippen LogP contribution in [0.2, 0.25) is 0 Å². The summed E-state index contributed by atoms with van der Waals surface area (Å²) in [6, 6.07) is 2.04. The van der Waals surface area contributed by atoms with Crippen LogP contribution < -0.4 is 5.32 Å². The second-order valence-corrected chi connectivity index (χ2v) is 4.88. The normalized spacial score (nSPS) is 16.5. The molecule has 1 aromatic rings. The minimum absolute atomic E-state index is 0.843. The van der Waals surface area contributed by atoms with E-state index in [2.05, 4.69) is 27.1 Å². The van der Waals surface area contributed by atoms with Crippen molar-refractivity contribution >= 4 is 5.82 Å². The van der Waals surface area contributed by atoms with E-state index in [1.54, 1.807) is 0 Å². The first-order chi connectivity index (χ1) is 9.28. The van der Waals surface area contributed by atoms with E-state index < -0.39 is 0 Å². The molecule has 0 saturated carbocycles. The largest absolute Gasteiger partial charge is 0.379 e. The fourth-order valence-corrected chi connectivity index (χ4v) is 2.25. The van der Waals surface area contributed by atoms with Gasteiger partial charge < -0.3 is 10.1 Å². The summed E-state index contributed by atoms with van der Waals surface area (Å²) < 4.78 is 5.34. The zero-order valence-electron chi connectivity index (χ0n) is 12.0. The zero-order chi connectivity index (χ0) is 13.5. The quantitative estimate of drug-likeness (QED) is 0.789. The summed E-state index contributed by atoms with van der Waals surface area (Å²) >= 11 is 0. The van der Waals surface area contributed by atoms with Gasteiger partial charge in [-0.05, 0) is 26.3 Å². The van der Waals surface area contributed by atoms with Gasteiger partial charge in [0.1, 0.15) is 11.6 Å². The van der Waals surface area contributed by atoms with Crippen LogP contribution in [0.5, 0.6) is 0 Å². The lowest BCUT2D eigenvalue weighted by Gasteiger charge is -2.26. The molecule has 2 rings (SSSR count). The van der Waals surface area contributed by atoms with Crippen molar-refractivity contribution in [2.45, 2.75) is 26.7 Å². The van der Waals surface area contributed by atoms with Crippen LogP contribution in [0, 0.1) is 6.92 Å². The highest BCUT2D eigenvalue weighted by Crippen LogP contribution is 2.07. The van der Waals surface area contributed by atoms with E-state index in [1.165, 1.54) is 0 Å². The van der Waals surface area contributed by atoms with Crippen molar-refractivity contribution in [3.63, 3.8) is 0 Å². The Morgan fingerprint density at radius 2 is 2.11 bits per heavy atom. The van der Waals surface area contributed by atoms with E-state index >= 15 is 0 Å². The molecule has 1 aliphatic rings. The number of rotatable bonds is 6. The van der Waals surface area contributed by atoms with Crippen LogP contribution in [0.25, 0.3) is 0 Å². The van der Waals surface area contributed by atoms with Crippen LogP contribution in [-0.4, -0.2) is 54.3 Å². The third-order valence-electron chi connectivity index (χ3n) is 3.31. The van der Waals surface area contributed by atoms with E-state index in [0.717, 1.165) is 69.6 Å². The molecule has 1 N–H and O–H groups in total. The highest BCUT2D eigenvalue weighted by atomic mass is 16.5. The summed E-state index contributed by atoms with van der Waals surface area (Å²) in [7, 11) is 0. The second kappa shape index (κ2) is 7.40. The molecule has 5 nitrogen and oxygen atoms in total. The number of aromatic nitrogens is 2. The molecule has 2 heterocycles. The Morgan fingerprint density at radius 1 is 1.32 bits per heavy atom. The molecule has 0 spiro atoms. The van der Waals surface area contributed by atoms with Crippen LogP contribution in [-0.2, 0) is 11.2 Å². The molecular weight excluding hydrogens is 240 g/mol. The number of ether oxygens (including phenoxy) is 1. The Balaban J connectivity index is 1.71. The van der Waals surface area contributed by atoms with Gasteiger partial charge in [-0.3, -0.25) is 4.90 Å². The standard InChI is InChI=1S/C14H24N4O/c1-3-13-11-14(17-12(2)16-13)15-5-4-6-18-7-9-19-10-8-18/h11H,3-10H2,1-2H3,(H,15,16,17). The number of aryl methyl sites for hydroxylation is 2. The Bertz CT molecular complexity index is 391. The topological polar surface area (TPSA) is 50.3 Å². The number of anilines is 1. The first-order valence-electron chi connectivity index (χ1n) is 7.16. The summed E-state index contributed by atoms with van der Waals surface area (Å²) in [6.07, 6.45) is 2.08. The van der Waals surface area contributed by atoms with Gasteiger partial charge >= 0.3 is 0 Å². The maximum atomic E-state index is 5.34. The molecule has 1 saturated heterocycles. The van der Waals surface area contributed by atoms with Gasteiger partial charge in [-0.1, -0.05) is 6.92 Å². The van der Waals surface area contributed by atoms with E-state index in [0.29, 0.717) is 0 Å². The van der Waals surface area contributed by atoms with Crippen molar-refractivity contribution < 1.29 is 4.74 Å². The van der Waals surface area contributed by atoms with Crippen molar-refractivity contribution in [1.82, 2.24) is 14.9 Å². The van der Waals surface area contributed by atoms with Gasteiger partial charge in [0.15, 0.2) is 0 Å². The molecule has 0 radical (unpaired) electrons. The minimum atomic E-state index is 0.843. The third kappa shape index (κ3) is 4.76. The maximum Gasteiger partial charge on any atom is 0.129 e. The van der Waals surface area contributed by atoms with Crippen molar-refractivity contribution in [2.75, 3.05) is 44.7 Å². The molecule has 0 amide bonds. The van der Waals surface area contributed by atoms with Crippen LogP contribution in [0.3, 0.4) is 0 Å². The number of nitrogens with zero attached hydrogens (tertiary/aromatic N) is 3. The molecule has 5 heteroatoms. The Kier molecular flexibility index (Phi) is 5.54. The molecule has 0 aliphatic carbocycles. The monoisotopic (exact) mass is 264 g/mol. The summed E-state index contributed by atoms with van der Waals surface area (Å²) in [4.78, 5) is 11.2. The van der Waals surface area contributed by atoms with E-state index in [9.17, 15) is 0 Å². The Hall–Kier alpha value is -1.20. The van der Waals surface area contributed by atoms with E-state index in [-0.39, 0.29) is 0 Å². The lowest BCUT2D eigenvalue weighted by molar-refractivity contribution is 0.0378. The first kappa shape index (κ1) is 14.2. The van der Waals surface area contributed by atoms with Gasteiger partial charge in [-0.15, -0.1) is 0 Å². The lowest BCUT2D eigenvalue weighted by Crippen LogP contribution is -2.37. The van der Waals surface area contributed by atoms with E-state index in [4.69, 9.17) is 4.74 Å². The average molecular weight is 264 g/mol. The van der Waals surface area contributed by atoms with Crippen molar-refractivity contribution in [2.24, 2.45) is 0 Å². The molecule has 1 fully saturated rings. The van der Waals surface area contributed by atoms with Gasteiger partial charge in [0.2, 0.25) is 0 Å². The van der Waals surface area contributed by atoms with Gasteiger partial charge in [0.25, 0.3) is 0 Å². The highest BCUT2D eigenvalue weighted by Gasteiger charge is 2.09. The third-order valence-corrected chi connectivity index (χ3v) is 3.31. The molecular formula is C14H24N4O. The first-order valence-corrected chi connectivity index (χ1v) is 7.16. The lowest BCUT2D eigenvalue weighted by atomic mass is 10.3. The summed E-state index contributed by atoms with van der Waals surface area (Å²) in [5.41, 5.74) is 1.10. The molecule has 0 atom stereocenters. The van der Waals surface area contributed by atoms with Crippen molar-refractivity contribution in [3.05, 3.63) is 17.6 Å². The molecule has 19 heavy (non-hydrogen) atoms. The predicted molar refractivity (Wildman–Crippen MR) is 76.5 cm³/mol. The summed E-state index contributed by atoms with van der Waals surface area (Å²) in [5.74, 6) is 1.79. The second-order valence-electron chi connectivity index (χ2n) is 4.88. The van der Waals surface area contributed by atoms with Crippen LogP contribution in [0.15, 0.2) is 6.07 Å².